The van der Waals surface area contributed by atoms with Crippen LogP contribution in [0.25, 0.3) is 0 Å². The second kappa shape index (κ2) is 7.42. The molecule has 0 spiro atoms. The van der Waals surface area contributed by atoms with Gasteiger partial charge in [-0.2, -0.15) is 0 Å². The standard InChI is InChI=1S/C20H18F3NO3/c1-11-19(20(26)27)14(13-7-16(22)17(23)9-15(13)21)8-18(25)24(11)10-12-5-3-2-4-6-12/h2-7,9,11,14,19H,8,10H2,1H3,(H,26,27)/t11-,14?,19-/m1/s1. The Balaban J connectivity index is 1.96. The SMILES string of the molecule is C[C@@H]1[C@@H](C(=O)O)C(c2cc(F)c(F)cc2F)CC(=O)N1Cc1ccccc1. The number of rotatable bonds is 4. The summed E-state index contributed by atoms with van der Waals surface area (Å²) in [6.45, 7) is 1.79. The first-order valence-electron chi connectivity index (χ1n) is 8.50. The lowest BCUT2D eigenvalue weighted by atomic mass is 9.75. The molecule has 1 amide bonds. The van der Waals surface area contributed by atoms with Crippen molar-refractivity contribution >= 4 is 11.9 Å². The van der Waals surface area contributed by atoms with Crippen LogP contribution in [0.2, 0.25) is 0 Å². The van der Waals surface area contributed by atoms with Crippen molar-refractivity contribution in [3.63, 3.8) is 0 Å². The molecule has 1 saturated heterocycles. The molecule has 27 heavy (non-hydrogen) atoms. The number of hydrogen-bond donors (Lipinski definition) is 1. The zero-order chi connectivity index (χ0) is 19.7. The molecule has 0 bridgehead atoms. The molecule has 142 valence electrons. The van der Waals surface area contributed by atoms with Crippen LogP contribution in [0.4, 0.5) is 13.2 Å². The lowest BCUT2D eigenvalue weighted by Gasteiger charge is -2.42. The molecular formula is C20H18F3NO3. The maximum atomic E-state index is 14.2. The Morgan fingerprint density at radius 3 is 2.37 bits per heavy atom. The Hall–Kier alpha value is -2.83. The molecule has 0 aliphatic carbocycles. The number of carboxylic acids is 1. The summed E-state index contributed by atoms with van der Waals surface area (Å²) in [4.78, 5) is 26.0. The fraction of sp³-hybridized carbons (Fsp3) is 0.300. The number of carbonyl (C=O) groups is 2. The molecule has 7 heteroatoms. The third-order valence-corrected chi connectivity index (χ3v) is 5.08. The van der Waals surface area contributed by atoms with Gasteiger partial charge < -0.3 is 10.0 Å². The topological polar surface area (TPSA) is 57.6 Å². The van der Waals surface area contributed by atoms with Crippen molar-refractivity contribution in [3.05, 3.63) is 71.0 Å². The van der Waals surface area contributed by atoms with E-state index in [-0.39, 0.29) is 24.4 Å². The number of nitrogens with zero attached hydrogens (tertiary/aromatic N) is 1. The summed E-state index contributed by atoms with van der Waals surface area (Å²) in [7, 11) is 0. The number of carboxylic acid groups (broad SMARTS) is 1. The highest BCUT2D eigenvalue weighted by atomic mass is 19.2. The molecule has 1 aliphatic rings. The average molecular weight is 377 g/mol. The largest absolute Gasteiger partial charge is 0.481 e. The fourth-order valence-electron chi connectivity index (χ4n) is 3.71. The van der Waals surface area contributed by atoms with Gasteiger partial charge in [0.2, 0.25) is 5.91 Å². The van der Waals surface area contributed by atoms with E-state index in [1.54, 1.807) is 6.92 Å². The maximum Gasteiger partial charge on any atom is 0.309 e. The molecule has 1 fully saturated rings. The van der Waals surface area contributed by atoms with Crippen LogP contribution >= 0.6 is 0 Å². The first kappa shape index (κ1) is 18.9. The van der Waals surface area contributed by atoms with E-state index in [9.17, 15) is 27.9 Å². The molecule has 2 aromatic carbocycles. The summed E-state index contributed by atoms with van der Waals surface area (Å²) in [5.74, 6) is -7.49. The number of amides is 1. The van der Waals surface area contributed by atoms with Gasteiger partial charge in [-0.1, -0.05) is 30.3 Å². The van der Waals surface area contributed by atoms with Crippen LogP contribution in [0, 0.1) is 23.4 Å². The zero-order valence-electron chi connectivity index (χ0n) is 14.5. The highest BCUT2D eigenvalue weighted by Crippen LogP contribution is 2.40. The normalized spacial score (nSPS) is 22.7. The predicted molar refractivity (Wildman–Crippen MR) is 91.3 cm³/mol. The minimum Gasteiger partial charge on any atom is -0.481 e. The van der Waals surface area contributed by atoms with E-state index in [1.807, 2.05) is 30.3 Å². The van der Waals surface area contributed by atoms with E-state index in [0.717, 1.165) is 5.56 Å². The molecular weight excluding hydrogens is 359 g/mol. The second-order valence-corrected chi connectivity index (χ2v) is 6.71. The molecule has 0 radical (unpaired) electrons. The van der Waals surface area contributed by atoms with Gasteiger partial charge in [-0.3, -0.25) is 9.59 Å². The summed E-state index contributed by atoms with van der Waals surface area (Å²) >= 11 is 0. The molecule has 1 unspecified atom stereocenters. The van der Waals surface area contributed by atoms with E-state index < -0.39 is 41.3 Å². The van der Waals surface area contributed by atoms with Gasteiger partial charge in [0.1, 0.15) is 5.82 Å². The van der Waals surface area contributed by atoms with Gasteiger partial charge in [-0.05, 0) is 24.1 Å². The van der Waals surface area contributed by atoms with Crippen molar-refractivity contribution < 1.29 is 27.9 Å². The quantitative estimate of drug-likeness (QED) is 0.827. The van der Waals surface area contributed by atoms with Gasteiger partial charge in [0.05, 0.1) is 5.92 Å². The summed E-state index contributed by atoms with van der Waals surface area (Å²) in [5, 5.41) is 9.70. The lowest BCUT2D eigenvalue weighted by molar-refractivity contribution is -0.153. The van der Waals surface area contributed by atoms with E-state index in [2.05, 4.69) is 0 Å². The Bertz CT molecular complexity index is 872. The number of likely N-dealkylation sites (tertiary alicyclic amines) is 1. The first-order valence-corrected chi connectivity index (χ1v) is 8.50. The van der Waals surface area contributed by atoms with Crippen LogP contribution in [0.5, 0.6) is 0 Å². The highest BCUT2D eigenvalue weighted by molar-refractivity contribution is 5.83. The summed E-state index contributed by atoms with van der Waals surface area (Å²) in [5.41, 5.74) is 0.542. The van der Waals surface area contributed by atoms with Crippen molar-refractivity contribution in [1.82, 2.24) is 4.90 Å². The Morgan fingerprint density at radius 2 is 1.74 bits per heavy atom. The Morgan fingerprint density at radius 1 is 1.11 bits per heavy atom. The van der Waals surface area contributed by atoms with Gasteiger partial charge in [-0.15, -0.1) is 0 Å². The van der Waals surface area contributed by atoms with Crippen LogP contribution in [0.15, 0.2) is 42.5 Å². The maximum absolute atomic E-state index is 14.2. The molecule has 2 aromatic rings. The van der Waals surface area contributed by atoms with Crippen molar-refractivity contribution in [2.45, 2.75) is 31.8 Å². The number of benzene rings is 2. The first-order chi connectivity index (χ1) is 12.8. The minimum atomic E-state index is -1.36. The van der Waals surface area contributed by atoms with Gasteiger partial charge >= 0.3 is 5.97 Å². The van der Waals surface area contributed by atoms with Gasteiger partial charge in [0.15, 0.2) is 11.6 Å². The number of hydrogen-bond acceptors (Lipinski definition) is 2. The number of aliphatic carboxylic acids is 1. The summed E-state index contributed by atoms with van der Waals surface area (Å²) in [6.07, 6.45) is -0.296. The summed E-state index contributed by atoms with van der Waals surface area (Å²) < 4.78 is 41.1. The molecule has 3 rings (SSSR count). The van der Waals surface area contributed by atoms with Gasteiger partial charge in [0.25, 0.3) is 0 Å². The van der Waals surface area contributed by atoms with E-state index >= 15 is 0 Å². The summed E-state index contributed by atoms with van der Waals surface area (Å²) in [6, 6.07) is 9.36. The van der Waals surface area contributed by atoms with Crippen molar-refractivity contribution in [1.29, 1.82) is 0 Å². The third-order valence-electron chi connectivity index (χ3n) is 5.08. The monoisotopic (exact) mass is 377 g/mol. The lowest BCUT2D eigenvalue weighted by Crippen LogP contribution is -2.52. The molecule has 3 atom stereocenters. The smallest absolute Gasteiger partial charge is 0.309 e. The molecule has 1 aliphatic heterocycles. The third kappa shape index (κ3) is 3.67. The minimum absolute atomic E-state index is 0.220. The molecule has 1 heterocycles. The average Bonchev–Trinajstić information content (AvgIpc) is 2.61. The predicted octanol–water partition coefficient (Wildman–Crippen LogP) is 3.71. The number of carbonyl (C=O) groups excluding carboxylic acids is 1. The van der Waals surface area contributed by atoms with Crippen LogP contribution < -0.4 is 0 Å². The van der Waals surface area contributed by atoms with Crippen molar-refractivity contribution in [3.8, 4) is 0 Å². The van der Waals surface area contributed by atoms with Crippen LogP contribution in [0.1, 0.15) is 30.4 Å². The van der Waals surface area contributed by atoms with Crippen molar-refractivity contribution in [2.75, 3.05) is 0 Å². The van der Waals surface area contributed by atoms with E-state index in [0.29, 0.717) is 12.1 Å². The van der Waals surface area contributed by atoms with Crippen molar-refractivity contribution in [2.24, 2.45) is 5.92 Å². The number of halogens is 3. The molecule has 1 N–H and O–H groups in total. The highest BCUT2D eigenvalue weighted by Gasteiger charge is 2.45. The molecule has 0 aromatic heterocycles. The van der Waals surface area contributed by atoms with Crippen LogP contribution in [0.3, 0.4) is 0 Å². The molecule has 4 nitrogen and oxygen atoms in total. The second-order valence-electron chi connectivity index (χ2n) is 6.71. The fourth-order valence-corrected chi connectivity index (χ4v) is 3.71. The molecule has 0 saturated carbocycles. The Labute approximate surface area is 154 Å². The van der Waals surface area contributed by atoms with Crippen LogP contribution in [-0.4, -0.2) is 27.9 Å². The van der Waals surface area contributed by atoms with Gasteiger partial charge in [-0.25, -0.2) is 13.2 Å². The number of piperidine rings is 1. The van der Waals surface area contributed by atoms with E-state index in [4.69, 9.17) is 0 Å². The van der Waals surface area contributed by atoms with Crippen LogP contribution in [-0.2, 0) is 16.1 Å². The van der Waals surface area contributed by atoms with Gasteiger partial charge in [0, 0.05) is 31.0 Å². The Kier molecular flexibility index (Phi) is 5.21. The zero-order valence-corrected chi connectivity index (χ0v) is 14.5. The van der Waals surface area contributed by atoms with E-state index in [1.165, 1.54) is 4.90 Å².